The van der Waals surface area contributed by atoms with Crippen molar-refractivity contribution in [3.8, 4) is 0 Å². The molecule has 3 aliphatic rings. The first-order chi connectivity index (χ1) is 11.3. The van der Waals surface area contributed by atoms with Crippen LogP contribution in [0.3, 0.4) is 0 Å². The van der Waals surface area contributed by atoms with Crippen LogP contribution in [0, 0.1) is 11.8 Å². The summed E-state index contributed by atoms with van der Waals surface area (Å²) in [4.78, 5) is 2.65. The molecule has 1 saturated heterocycles. The third kappa shape index (κ3) is 5.11. The van der Waals surface area contributed by atoms with Crippen LogP contribution in [-0.2, 0) is 0 Å². The van der Waals surface area contributed by atoms with Crippen LogP contribution in [0.25, 0.3) is 0 Å². The summed E-state index contributed by atoms with van der Waals surface area (Å²) in [6, 6.07) is 0. The number of hydrogen-bond acceptors (Lipinski definition) is 2. The summed E-state index contributed by atoms with van der Waals surface area (Å²) < 4.78 is 0. The normalized spacial score (nSPS) is 26.4. The summed E-state index contributed by atoms with van der Waals surface area (Å²) in [5.41, 5.74) is 4.40. The molecule has 0 bridgehead atoms. The minimum atomic E-state index is 0.945. The molecule has 0 aromatic rings. The molecule has 23 heavy (non-hydrogen) atoms. The number of hydrogen-bond donors (Lipinski definition) is 1. The maximum absolute atomic E-state index is 4.41. The predicted octanol–water partition coefficient (Wildman–Crippen LogP) is 4.88. The van der Waals surface area contributed by atoms with Crippen LogP contribution in [0.5, 0.6) is 0 Å². The molecule has 3 fully saturated rings. The highest BCUT2D eigenvalue weighted by Gasteiger charge is 2.24. The van der Waals surface area contributed by atoms with E-state index in [1.54, 1.807) is 5.57 Å². The number of likely N-dealkylation sites (tertiary alicyclic amines) is 1. The fourth-order valence-electron chi connectivity index (χ4n) is 4.32. The molecule has 0 radical (unpaired) electrons. The van der Waals surface area contributed by atoms with E-state index in [4.69, 9.17) is 0 Å². The second-order valence-corrected chi connectivity index (χ2v) is 8.06. The van der Waals surface area contributed by atoms with Crippen molar-refractivity contribution in [2.45, 2.75) is 71.1 Å². The molecule has 2 saturated carbocycles. The summed E-state index contributed by atoms with van der Waals surface area (Å²) in [7, 11) is 0. The van der Waals surface area contributed by atoms with Crippen molar-refractivity contribution < 1.29 is 0 Å². The van der Waals surface area contributed by atoms with Crippen molar-refractivity contribution in [3.63, 3.8) is 0 Å². The van der Waals surface area contributed by atoms with E-state index < -0.39 is 0 Å². The molecule has 0 spiro atoms. The Kier molecular flexibility index (Phi) is 6.21. The van der Waals surface area contributed by atoms with E-state index in [9.17, 15) is 0 Å². The average Bonchev–Trinajstić information content (AvgIpc) is 3.40. The Morgan fingerprint density at radius 1 is 1.13 bits per heavy atom. The van der Waals surface area contributed by atoms with Gasteiger partial charge in [-0.1, -0.05) is 45.6 Å². The smallest absolute Gasteiger partial charge is 0.0231 e. The summed E-state index contributed by atoms with van der Waals surface area (Å²) in [5, 5.41) is 3.73. The SMILES string of the molecule is C=C1CN(CCC2CCCCC2)CC/C1=C(\CC)NCC1CC1. The third-order valence-electron chi connectivity index (χ3n) is 6.12. The number of nitrogens with one attached hydrogen (secondary N) is 1. The van der Waals surface area contributed by atoms with Crippen molar-refractivity contribution >= 4 is 0 Å². The minimum absolute atomic E-state index is 0.945. The fraction of sp³-hybridized carbons (Fsp3) is 0.810. The molecule has 2 heteroatoms. The first-order valence-corrected chi connectivity index (χ1v) is 10.1. The van der Waals surface area contributed by atoms with Gasteiger partial charge in [0, 0.05) is 25.3 Å². The van der Waals surface area contributed by atoms with Gasteiger partial charge < -0.3 is 5.32 Å². The average molecular weight is 317 g/mol. The highest BCUT2D eigenvalue weighted by molar-refractivity contribution is 5.36. The lowest BCUT2D eigenvalue weighted by Crippen LogP contribution is -2.35. The minimum Gasteiger partial charge on any atom is -0.388 e. The zero-order chi connectivity index (χ0) is 16.1. The topological polar surface area (TPSA) is 15.3 Å². The van der Waals surface area contributed by atoms with Crippen LogP contribution in [0.1, 0.15) is 71.1 Å². The highest BCUT2D eigenvalue weighted by atomic mass is 15.1. The molecular weight excluding hydrogens is 280 g/mol. The van der Waals surface area contributed by atoms with Gasteiger partial charge in [-0.15, -0.1) is 0 Å². The zero-order valence-electron chi connectivity index (χ0n) is 15.2. The molecule has 0 atom stereocenters. The van der Waals surface area contributed by atoms with Gasteiger partial charge in [0.25, 0.3) is 0 Å². The van der Waals surface area contributed by atoms with Crippen LogP contribution in [0.4, 0.5) is 0 Å². The van der Waals surface area contributed by atoms with E-state index in [2.05, 4.69) is 23.7 Å². The van der Waals surface area contributed by atoms with Gasteiger partial charge in [-0.05, 0) is 61.6 Å². The van der Waals surface area contributed by atoms with Crippen molar-refractivity contribution in [2.75, 3.05) is 26.2 Å². The molecule has 3 rings (SSSR count). The van der Waals surface area contributed by atoms with Crippen molar-refractivity contribution in [2.24, 2.45) is 11.8 Å². The maximum Gasteiger partial charge on any atom is 0.0231 e. The highest BCUT2D eigenvalue weighted by Crippen LogP contribution is 2.30. The number of nitrogens with zero attached hydrogens (tertiary/aromatic N) is 1. The second kappa shape index (κ2) is 8.37. The Morgan fingerprint density at radius 3 is 2.57 bits per heavy atom. The van der Waals surface area contributed by atoms with E-state index in [1.807, 2.05) is 0 Å². The van der Waals surface area contributed by atoms with Crippen LogP contribution < -0.4 is 5.32 Å². The maximum atomic E-state index is 4.41. The fourth-order valence-corrected chi connectivity index (χ4v) is 4.32. The number of piperidine rings is 1. The van der Waals surface area contributed by atoms with E-state index in [0.717, 1.165) is 24.8 Å². The van der Waals surface area contributed by atoms with Crippen molar-refractivity contribution in [3.05, 3.63) is 23.4 Å². The van der Waals surface area contributed by atoms with Gasteiger partial charge >= 0.3 is 0 Å². The molecule has 0 amide bonds. The summed E-state index contributed by atoms with van der Waals surface area (Å²) in [5.74, 6) is 1.95. The predicted molar refractivity (Wildman–Crippen MR) is 99.4 cm³/mol. The lowest BCUT2D eigenvalue weighted by atomic mass is 9.86. The van der Waals surface area contributed by atoms with E-state index in [1.165, 1.54) is 88.7 Å². The zero-order valence-corrected chi connectivity index (χ0v) is 15.2. The third-order valence-corrected chi connectivity index (χ3v) is 6.12. The molecule has 0 aromatic carbocycles. The molecule has 0 aromatic heterocycles. The van der Waals surface area contributed by atoms with E-state index in [-0.39, 0.29) is 0 Å². The van der Waals surface area contributed by atoms with Crippen molar-refractivity contribution in [1.29, 1.82) is 0 Å². The van der Waals surface area contributed by atoms with Gasteiger partial charge in [0.15, 0.2) is 0 Å². The lowest BCUT2D eigenvalue weighted by Gasteiger charge is -2.33. The molecule has 0 unspecified atom stereocenters. The van der Waals surface area contributed by atoms with E-state index in [0.29, 0.717) is 0 Å². The molecule has 1 N–H and O–H groups in total. The molecule has 2 aliphatic carbocycles. The van der Waals surface area contributed by atoms with Crippen LogP contribution in [0.15, 0.2) is 23.4 Å². The Hall–Kier alpha value is -0.760. The van der Waals surface area contributed by atoms with Crippen molar-refractivity contribution in [1.82, 2.24) is 10.2 Å². The van der Waals surface area contributed by atoms with Gasteiger partial charge in [0.2, 0.25) is 0 Å². The Balaban J connectivity index is 1.46. The van der Waals surface area contributed by atoms with Gasteiger partial charge in [-0.25, -0.2) is 0 Å². The summed E-state index contributed by atoms with van der Waals surface area (Å²) in [6.07, 6.45) is 14.0. The summed E-state index contributed by atoms with van der Waals surface area (Å²) >= 11 is 0. The molecule has 1 aliphatic heterocycles. The first kappa shape index (κ1) is 17.1. The van der Waals surface area contributed by atoms with Gasteiger partial charge in [-0.2, -0.15) is 0 Å². The Morgan fingerprint density at radius 2 is 1.91 bits per heavy atom. The Bertz CT molecular complexity index is 427. The van der Waals surface area contributed by atoms with Crippen LogP contribution in [0.2, 0.25) is 0 Å². The number of allylic oxidation sites excluding steroid dienone is 1. The largest absolute Gasteiger partial charge is 0.388 e. The standard InChI is InChI=1S/C21H36N2/c1-3-21(22-15-19-9-10-19)20-12-14-23(16-17(20)2)13-11-18-7-5-4-6-8-18/h18-19,22H,2-16H2,1H3/b21-20-. The van der Waals surface area contributed by atoms with E-state index >= 15 is 0 Å². The lowest BCUT2D eigenvalue weighted by molar-refractivity contribution is 0.238. The molecule has 130 valence electrons. The number of rotatable bonds is 7. The molecular formula is C21H36N2. The molecule has 1 heterocycles. The van der Waals surface area contributed by atoms with Crippen LogP contribution >= 0.6 is 0 Å². The van der Waals surface area contributed by atoms with Gasteiger partial charge in [0.1, 0.15) is 0 Å². The van der Waals surface area contributed by atoms with Gasteiger partial charge in [-0.3, -0.25) is 4.90 Å². The van der Waals surface area contributed by atoms with Crippen LogP contribution in [-0.4, -0.2) is 31.1 Å². The summed E-state index contributed by atoms with van der Waals surface area (Å²) in [6.45, 7) is 11.5. The Labute approximate surface area is 143 Å². The first-order valence-electron chi connectivity index (χ1n) is 10.1. The monoisotopic (exact) mass is 316 g/mol. The quantitative estimate of drug-likeness (QED) is 0.720. The molecule has 2 nitrogen and oxygen atoms in total. The second-order valence-electron chi connectivity index (χ2n) is 8.06. The van der Waals surface area contributed by atoms with Gasteiger partial charge in [0.05, 0.1) is 0 Å².